The van der Waals surface area contributed by atoms with Crippen molar-refractivity contribution < 1.29 is 23.5 Å². The predicted molar refractivity (Wildman–Crippen MR) is 133 cm³/mol. The molecule has 0 aliphatic carbocycles. The van der Waals surface area contributed by atoms with E-state index in [0.29, 0.717) is 22.2 Å². The Balaban J connectivity index is 1.67. The second-order valence-corrected chi connectivity index (χ2v) is 8.68. The third kappa shape index (κ3) is 4.22. The molecule has 2 aromatic heterocycles. The Hall–Kier alpha value is -4.24. The number of ether oxygens (including phenoxy) is 2. The van der Waals surface area contributed by atoms with Crippen LogP contribution in [0, 0.1) is 0 Å². The van der Waals surface area contributed by atoms with E-state index >= 15 is 0 Å². The van der Waals surface area contributed by atoms with Crippen LogP contribution < -0.4 is 15.2 Å². The maximum Gasteiger partial charge on any atom is 0.349 e. The Morgan fingerprint density at radius 2 is 1.89 bits per heavy atom. The lowest BCUT2D eigenvalue weighted by molar-refractivity contribution is -0.143. The van der Waals surface area contributed by atoms with Crippen LogP contribution in [0.25, 0.3) is 32.0 Å². The fourth-order valence-electron chi connectivity index (χ4n) is 3.92. The molecule has 0 spiro atoms. The summed E-state index contributed by atoms with van der Waals surface area (Å²) >= 11 is 1.20. The minimum Gasteiger partial charge on any atom is -0.497 e. The number of thiazole rings is 1. The van der Waals surface area contributed by atoms with Crippen molar-refractivity contribution in [2.24, 2.45) is 4.99 Å². The molecule has 0 atom stereocenters. The summed E-state index contributed by atoms with van der Waals surface area (Å²) in [6, 6.07) is 18.0. The molecule has 176 valence electrons. The van der Waals surface area contributed by atoms with Crippen molar-refractivity contribution in [1.29, 1.82) is 0 Å². The molecule has 0 saturated heterocycles. The lowest BCUT2D eigenvalue weighted by Crippen LogP contribution is -2.24. The summed E-state index contributed by atoms with van der Waals surface area (Å²) < 4.78 is 18.2. The molecule has 2 heterocycles. The van der Waals surface area contributed by atoms with E-state index in [9.17, 15) is 14.4 Å². The lowest BCUT2D eigenvalue weighted by atomic mass is 10.0. The summed E-state index contributed by atoms with van der Waals surface area (Å²) in [6.07, 6.45) is 0. The number of hydrogen-bond acceptors (Lipinski definition) is 7. The smallest absolute Gasteiger partial charge is 0.349 e. The molecule has 3 aromatic carbocycles. The summed E-state index contributed by atoms with van der Waals surface area (Å²) in [7, 11) is 1.55. The Morgan fingerprint density at radius 1 is 1.06 bits per heavy atom. The minimum absolute atomic E-state index is 0.136. The third-order valence-corrected chi connectivity index (χ3v) is 6.59. The second-order valence-electron chi connectivity index (χ2n) is 7.67. The first kappa shape index (κ1) is 22.5. The molecule has 0 aliphatic rings. The fraction of sp³-hybridized carbons (Fsp3) is 0.154. The second kappa shape index (κ2) is 9.19. The first-order chi connectivity index (χ1) is 17.0. The Labute approximate surface area is 202 Å². The van der Waals surface area contributed by atoms with E-state index in [1.807, 2.05) is 30.3 Å². The topological polar surface area (TPSA) is 100 Å². The van der Waals surface area contributed by atoms with Crippen LogP contribution in [-0.4, -0.2) is 30.2 Å². The maximum atomic E-state index is 13.2. The number of esters is 1. The Kier molecular flexibility index (Phi) is 5.92. The Morgan fingerprint density at radius 3 is 2.69 bits per heavy atom. The average Bonchev–Trinajstić information content (AvgIpc) is 3.19. The van der Waals surface area contributed by atoms with E-state index in [1.165, 1.54) is 17.4 Å². The van der Waals surface area contributed by atoms with Gasteiger partial charge in [-0.25, -0.2) is 4.79 Å². The number of hydrogen-bond donors (Lipinski definition) is 0. The summed E-state index contributed by atoms with van der Waals surface area (Å²) in [6.45, 7) is 1.81. The number of rotatable bonds is 5. The van der Waals surface area contributed by atoms with Crippen LogP contribution >= 0.6 is 11.3 Å². The molecule has 8 nitrogen and oxygen atoms in total. The zero-order valence-corrected chi connectivity index (χ0v) is 19.8. The largest absolute Gasteiger partial charge is 0.497 e. The van der Waals surface area contributed by atoms with Gasteiger partial charge in [-0.1, -0.05) is 41.7 Å². The lowest BCUT2D eigenvalue weighted by Gasteiger charge is -2.06. The highest BCUT2D eigenvalue weighted by Crippen LogP contribution is 2.26. The number of aromatic nitrogens is 1. The summed E-state index contributed by atoms with van der Waals surface area (Å²) in [5, 5.41) is 2.45. The minimum atomic E-state index is -0.777. The van der Waals surface area contributed by atoms with E-state index < -0.39 is 17.5 Å². The van der Waals surface area contributed by atoms with Gasteiger partial charge in [-0.2, -0.15) is 4.99 Å². The third-order valence-electron chi connectivity index (χ3n) is 5.55. The van der Waals surface area contributed by atoms with Gasteiger partial charge in [-0.15, -0.1) is 0 Å². The van der Waals surface area contributed by atoms with Crippen molar-refractivity contribution in [3.05, 3.63) is 81.4 Å². The molecule has 0 radical (unpaired) electrons. The van der Waals surface area contributed by atoms with Gasteiger partial charge < -0.3 is 18.5 Å². The van der Waals surface area contributed by atoms with Crippen molar-refractivity contribution in [2.45, 2.75) is 13.5 Å². The molecule has 0 saturated carbocycles. The molecule has 0 unspecified atom stereocenters. The molecule has 1 amide bonds. The Bertz CT molecular complexity index is 1740. The SMILES string of the molecule is CCOC(=O)Cn1c(=NC(=O)c2cc3c(ccc4ccccc43)oc2=O)sc2cc(OC)ccc21. The molecule has 0 fully saturated rings. The zero-order chi connectivity index (χ0) is 24.5. The van der Waals surface area contributed by atoms with Crippen LogP contribution in [0.2, 0.25) is 0 Å². The van der Waals surface area contributed by atoms with Crippen molar-refractivity contribution in [2.75, 3.05) is 13.7 Å². The summed E-state index contributed by atoms with van der Waals surface area (Å²) in [5.41, 5.74) is 0.108. The van der Waals surface area contributed by atoms with Gasteiger partial charge in [0.2, 0.25) is 0 Å². The van der Waals surface area contributed by atoms with Crippen molar-refractivity contribution in [1.82, 2.24) is 4.57 Å². The number of nitrogens with zero attached hydrogens (tertiary/aromatic N) is 2. The van der Waals surface area contributed by atoms with Crippen LogP contribution in [0.5, 0.6) is 5.75 Å². The van der Waals surface area contributed by atoms with Crippen molar-refractivity contribution in [3.63, 3.8) is 0 Å². The number of methoxy groups -OCH3 is 1. The van der Waals surface area contributed by atoms with Gasteiger partial charge in [0.1, 0.15) is 23.4 Å². The predicted octanol–water partition coefficient (Wildman–Crippen LogP) is 4.28. The number of carbonyl (C=O) groups excluding carboxylic acids is 2. The number of carbonyl (C=O) groups is 2. The molecular weight excluding hydrogens is 468 g/mol. The summed E-state index contributed by atoms with van der Waals surface area (Å²) in [4.78, 5) is 42.6. The molecule has 9 heteroatoms. The van der Waals surface area contributed by atoms with Gasteiger partial charge in [0.15, 0.2) is 4.80 Å². The molecular formula is C26H20N2O6S. The number of benzene rings is 3. The molecule has 0 bridgehead atoms. The van der Waals surface area contributed by atoms with Crippen LogP contribution in [0.1, 0.15) is 17.3 Å². The highest BCUT2D eigenvalue weighted by Gasteiger charge is 2.17. The fourth-order valence-corrected chi connectivity index (χ4v) is 4.98. The summed E-state index contributed by atoms with van der Waals surface area (Å²) in [5.74, 6) is -0.597. The average molecular weight is 489 g/mol. The molecule has 5 rings (SSSR count). The van der Waals surface area contributed by atoms with E-state index in [1.54, 1.807) is 42.9 Å². The van der Waals surface area contributed by atoms with Gasteiger partial charge in [0, 0.05) is 5.39 Å². The van der Waals surface area contributed by atoms with Crippen LogP contribution in [0.3, 0.4) is 0 Å². The first-order valence-corrected chi connectivity index (χ1v) is 11.7. The molecule has 0 N–H and O–H groups in total. The standard InChI is InChI=1S/C26H20N2O6S/c1-3-33-23(29)14-28-20-10-9-16(32-2)12-22(20)35-26(28)27-24(30)19-13-18-17-7-5-4-6-15(17)8-11-21(18)34-25(19)31/h4-13H,3,14H2,1-2H3. The van der Waals surface area contributed by atoms with Crippen molar-refractivity contribution >= 4 is 55.2 Å². The van der Waals surface area contributed by atoms with Gasteiger partial charge in [-0.3, -0.25) is 9.59 Å². The molecule has 0 aliphatic heterocycles. The first-order valence-electron chi connectivity index (χ1n) is 10.9. The van der Waals surface area contributed by atoms with Crippen LogP contribution in [0.15, 0.2) is 74.9 Å². The van der Waals surface area contributed by atoms with Gasteiger partial charge >= 0.3 is 11.6 Å². The zero-order valence-electron chi connectivity index (χ0n) is 18.9. The van der Waals surface area contributed by atoms with Gasteiger partial charge in [0.05, 0.1) is 23.9 Å². The van der Waals surface area contributed by atoms with E-state index in [-0.39, 0.29) is 23.5 Å². The van der Waals surface area contributed by atoms with Gasteiger partial charge in [-0.05, 0) is 48.0 Å². The normalized spacial score (nSPS) is 11.9. The van der Waals surface area contributed by atoms with Crippen molar-refractivity contribution in [3.8, 4) is 5.75 Å². The quantitative estimate of drug-likeness (QED) is 0.208. The number of amides is 1. The molecule has 35 heavy (non-hydrogen) atoms. The molecule has 5 aromatic rings. The monoisotopic (exact) mass is 488 g/mol. The van der Waals surface area contributed by atoms with E-state index in [4.69, 9.17) is 13.9 Å². The van der Waals surface area contributed by atoms with Crippen LogP contribution in [0.4, 0.5) is 0 Å². The van der Waals surface area contributed by atoms with E-state index in [2.05, 4.69) is 4.99 Å². The van der Waals surface area contributed by atoms with Gasteiger partial charge in [0.25, 0.3) is 5.91 Å². The maximum absolute atomic E-state index is 13.2. The number of fused-ring (bicyclic) bond motifs is 4. The highest BCUT2D eigenvalue weighted by molar-refractivity contribution is 7.16. The van der Waals surface area contributed by atoms with E-state index in [0.717, 1.165) is 15.5 Å². The van der Waals surface area contributed by atoms with Crippen LogP contribution in [-0.2, 0) is 16.1 Å². The highest BCUT2D eigenvalue weighted by atomic mass is 32.1.